The first kappa shape index (κ1) is 15.8. The van der Waals surface area contributed by atoms with Gasteiger partial charge in [0.25, 0.3) is 0 Å². The number of hydrogen-bond donors (Lipinski definition) is 1. The Kier molecular flexibility index (Phi) is 5.19. The molecule has 0 fully saturated rings. The lowest BCUT2D eigenvalue weighted by molar-refractivity contribution is 0.602. The molecule has 0 aliphatic heterocycles. The zero-order valence-corrected chi connectivity index (χ0v) is 13.4. The molecule has 0 aliphatic carbocycles. The molecule has 0 bridgehead atoms. The number of anilines is 1. The average molecular weight is 323 g/mol. The lowest BCUT2D eigenvalue weighted by Crippen LogP contribution is -2.07. The Bertz CT molecular complexity index is 745. The van der Waals surface area contributed by atoms with Gasteiger partial charge in [-0.15, -0.1) is 6.58 Å². The molecule has 0 radical (unpaired) electrons. The first-order valence-corrected chi connectivity index (χ1v) is 9.44. The number of thioether (sulfide) groups is 1. The molecule has 0 unspecified atom stereocenters. The molecule has 0 saturated heterocycles. The van der Waals surface area contributed by atoms with Crippen LogP contribution in [0.25, 0.3) is 10.9 Å². The summed E-state index contributed by atoms with van der Waals surface area (Å²) in [6, 6.07) is 4.88. The van der Waals surface area contributed by atoms with E-state index in [1.165, 1.54) is 12.6 Å². The van der Waals surface area contributed by atoms with E-state index in [-0.39, 0.29) is 4.90 Å². The summed E-state index contributed by atoms with van der Waals surface area (Å²) in [6.45, 7) is 4.42. The summed E-state index contributed by atoms with van der Waals surface area (Å²) in [5.41, 5.74) is 0.721. The van der Waals surface area contributed by atoms with E-state index in [1.54, 1.807) is 30.0 Å². The number of benzene rings is 1. The molecule has 0 atom stereocenters. The topological polar surface area (TPSA) is 72.0 Å². The van der Waals surface area contributed by atoms with Gasteiger partial charge in [0.15, 0.2) is 9.84 Å². The van der Waals surface area contributed by atoms with Crippen molar-refractivity contribution in [2.24, 2.45) is 0 Å². The highest BCUT2D eigenvalue weighted by Crippen LogP contribution is 2.22. The monoisotopic (exact) mass is 323 g/mol. The van der Waals surface area contributed by atoms with Crippen LogP contribution in [0.3, 0.4) is 0 Å². The van der Waals surface area contributed by atoms with Crippen molar-refractivity contribution < 1.29 is 8.42 Å². The largest absolute Gasteiger partial charge is 0.369 e. The van der Waals surface area contributed by atoms with E-state index in [9.17, 15) is 8.42 Å². The van der Waals surface area contributed by atoms with E-state index in [0.29, 0.717) is 11.2 Å². The summed E-state index contributed by atoms with van der Waals surface area (Å²) >= 11 is 1.77. The molecule has 2 rings (SSSR count). The van der Waals surface area contributed by atoms with Crippen LogP contribution in [0.5, 0.6) is 0 Å². The molecular weight excluding hydrogens is 306 g/mol. The Morgan fingerprint density at radius 3 is 2.90 bits per heavy atom. The summed E-state index contributed by atoms with van der Waals surface area (Å²) in [7, 11) is -3.24. The third-order valence-corrected chi connectivity index (χ3v) is 4.88. The van der Waals surface area contributed by atoms with Gasteiger partial charge in [0.05, 0.1) is 10.4 Å². The number of aromatic nitrogens is 2. The predicted octanol–water partition coefficient (Wildman–Crippen LogP) is 2.36. The summed E-state index contributed by atoms with van der Waals surface area (Å²) in [5.74, 6) is 2.48. The van der Waals surface area contributed by atoms with Gasteiger partial charge >= 0.3 is 0 Å². The molecule has 5 nitrogen and oxygen atoms in total. The van der Waals surface area contributed by atoms with Gasteiger partial charge in [0.2, 0.25) is 0 Å². The highest BCUT2D eigenvalue weighted by molar-refractivity contribution is 7.99. The zero-order chi connectivity index (χ0) is 15.3. The molecule has 1 aromatic heterocycles. The quantitative estimate of drug-likeness (QED) is 0.623. The number of fused-ring (bicyclic) bond motifs is 1. The van der Waals surface area contributed by atoms with Crippen LogP contribution >= 0.6 is 11.8 Å². The van der Waals surface area contributed by atoms with Crippen molar-refractivity contribution >= 4 is 38.3 Å². The number of hydrogen-bond acceptors (Lipinski definition) is 6. The second-order valence-electron chi connectivity index (χ2n) is 4.46. The van der Waals surface area contributed by atoms with Crippen molar-refractivity contribution in [1.82, 2.24) is 9.97 Å². The summed E-state index contributed by atoms with van der Waals surface area (Å²) in [6.07, 6.45) is 4.53. The van der Waals surface area contributed by atoms with Crippen molar-refractivity contribution in [3.8, 4) is 0 Å². The molecule has 1 N–H and O–H groups in total. The zero-order valence-electron chi connectivity index (χ0n) is 11.7. The minimum Gasteiger partial charge on any atom is -0.369 e. The van der Waals surface area contributed by atoms with Gasteiger partial charge in [-0.25, -0.2) is 18.4 Å². The molecule has 0 aliphatic rings. The molecule has 112 valence electrons. The Hall–Kier alpha value is -1.60. The molecule has 1 aromatic carbocycles. The molecule has 1 heterocycles. The fourth-order valence-corrected chi connectivity index (χ4v) is 3.04. The Labute approximate surface area is 128 Å². The van der Waals surface area contributed by atoms with Crippen LogP contribution in [0.4, 0.5) is 5.82 Å². The van der Waals surface area contributed by atoms with Crippen LogP contribution in [-0.2, 0) is 9.84 Å². The molecule has 2 aromatic rings. The van der Waals surface area contributed by atoms with E-state index < -0.39 is 9.84 Å². The maximum atomic E-state index is 11.6. The van der Waals surface area contributed by atoms with Gasteiger partial charge in [0, 0.05) is 29.7 Å². The van der Waals surface area contributed by atoms with Crippen LogP contribution in [-0.4, -0.2) is 42.7 Å². The van der Waals surface area contributed by atoms with Crippen molar-refractivity contribution in [2.75, 3.05) is 29.6 Å². The first-order chi connectivity index (χ1) is 10.0. The molecule has 0 amide bonds. The lowest BCUT2D eigenvalue weighted by atomic mass is 10.2. The lowest BCUT2D eigenvalue weighted by Gasteiger charge is -2.08. The number of nitrogens with zero attached hydrogens (tertiary/aromatic N) is 2. The fraction of sp³-hybridized carbons (Fsp3) is 0.286. The minimum absolute atomic E-state index is 0.272. The Morgan fingerprint density at radius 1 is 1.38 bits per heavy atom. The van der Waals surface area contributed by atoms with Crippen molar-refractivity contribution in [2.45, 2.75) is 4.90 Å². The van der Waals surface area contributed by atoms with Crippen molar-refractivity contribution in [3.05, 3.63) is 37.2 Å². The number of nitrogens with one attached hydrogen (secondary N) is 1. The average Bonchev–Trinajstić information content (AvgIpc) is 2.45. The summed E-state index contributed by atoms with van der Waals surface area (Å²) in [4.78, 5) is 8.63. The Morgan fingerprint density at radius 2 is 2.19 bits per heavy atom. The maximum absolute atomic E-state index is 11.6. The van der Waals surface area contributed by atoms with Crippen LogP contribution in [0.15, 0.2) is 42.1 Å². The van der Waals surface area contributed by atoms with Gasteiger partial charge in [-0.05, 0) is 18.2 Å². The van der Waals surface area contributed by atoms with Crippen LogP contribution in [0, 0.1) is 0 Å². The second kappa shape index (κ2) is 6.91. The van der Waals surface area contributed by atoms with Gasteiger partial charge in [-0.3, -0.25) is 0 Å². The van der Waals surface area contributed by atoms with E-state index in [2.05, 4.69) is 21.9 Å². The molecule has 21 heavy (non-hydrogen) atoms. The normalized spacial score (nSPS) is 11.5. The van der Waals surface area contributed by atoms with Gasteiger partial charge in [0.1, 0.15) is 12.1 Å². The number of rotatable bonds is 7. The van der Waals surface area contributed by atoms with E-state index in [1.807, 2.05) is 6.08 Å². The van der Waals surface area contributed by atoms with Crippen LogP contribution < -0.4 is 5.32 Å². The van der Waals surface area contributed by atoms with Crippen LogP contribution in [0.1, 0.15) is 0 Å². The smallest absolute Gasteiger partial charge is 0.175 e. The highest BCUT2D eigenvalue weighted by Gasteiger charge is 2.10. The predicted molar refractivity (Wildman–Crippen MR) is 88.7 cm³/mol. The SMILES string of the molecule is C=CCSCCNc1ncnc2ccc(S(C)(=O)=O)cc12. The molecule has 0 saturated carbocycles. The standard InChI is InChI=1S/C14H17N3O2S2/c1-3-7-20-8-6-15-14-12-9-11(21(2,18)19)4-5-13(12)16-10-17-14/h3-5,9-10H,1,6-8H2,2H3,(H,15,16,17). The summed E-state index contributed by atoms with van der Waals surface area (Å²) in [5, 5.41) is 3.94. The van der Waals surface area contributed by atoms with Gasteiger partial charge in [-0.2, -0.15) is 11.8 Å². The third-order valence-electron chi connectivity index (χ3n) is 2.81. The highest BCUT2D eigenvalue weighted by atomic mass is 32.2. The second-order valence-corrected chi connectivity index (χ2v) is 7.63. The summed E-state index contributed by atoms with van der Waals surface area (Å²) < 4.78 is 23.3. The van der Waals surface area contributed by atoms with E-state index in [4.69, 9.17) is 0 Å². The van der Waals surface area contributed by atoms with Crippen LogP contribution in [0.2, 0.25) is 0 Å². The van der Waals surface area contributed by atoms with Gasteiger partial charge < -0.3 is 5.32 Å². The molecule has 7 heteroatoms. The van der Waals surface area contributed by atoms with E-state index in [0.717, 1.165) is 23.6 Å². The van der Waals surface area contributed by atoms with Crippen molar-refractivity contribution in [1.29, 1.82) is 0 Å². The molecule has 0 spiro atoms. The van der Waals surface area contributed by atoms with Gasteiger partial charge in [-0.1, -0.05) is 6.08 Å². The molecular formula is C14H17N3O2S2. The number of sulfone groups is 1. The minimum atomic E-state index is -3.24. The first-order valence-electron chi connectivity index (χ1n) is 6.39. The fourth-order valence-electron chi connectivity index (χ4n) is 1.82. The maximum Gasteiger partial charge on any atom is 0.175 e. The Balaban J connectivity index is 2.24. The third kappa shape index (κ3) is 4.18. The van der Waals surface area contributed by atoms with E-state index >= 15 is 0 Å². The van der Waals surface area contributed by atoms with Crippen molar-refractivity contribution in [3.63, 3.8) is 0 Å².